The Morgan fingerprint density at radius 3 is 2.40 bits per heavy atom. The second kappa shape index (κ2) is 12.1. The first-order valence-electron chi connectivity index (χ1n) is 11.6. The first-order valence-corrected chi connectivity index (χ1v) is 12.5. The lowest BCUT2D eigenvalue weighted by Gasteiger charge is -2.10. The van der Waals surface area contributed by atoms with Crippen LogP contribution in [-0.4, -0.2) is 24.9 Å². The van der Waals surface area contributed by atoms with E-state index in [9.17, 15) is 4.79 Å². The number of furan rings is 1. The minimum Gasteiger partial charge on any atom is -0.482 e. The van der Waals surface area contributed by atoms with Crippen LogP contribution in [-0.2, 0) is 9.53 Å². The van der Waals surface area contributed by atoms with Gasteiger partial charge in [-0.2, -0.15) is 0 Å². The summed E-state index contributed by atoms with van der Waals surface area (Å²) in [4.78, 5) is 12.7. The largest absolute Gasteiger partial charge is 0.482 e. The molecule has 0 unspecified atom stereocenters. The SMILES string of the molecule is CCOC(=O)COc1ccc(SC/C=C(/c2ccc(-c3ccccc3)cc2)c2ccco2)cc1C. The molecule has 0 atom stereocenters. The Morgan fingerprint density at radius 2 is 1.71 bits per heavy atom. The maximum Gasteiger partial charge on any atom is 0.344 e. The number of thioether (sulfide) groups is 1. The number of hydrogen-bond acceptors (Lipinski definition) is 5. The second-order valence-electron chi connectivity index (χ2n) is 7.87. The average molecular weight is 485 g/mol. The molecule has 0 saturated carbocycles. The normalized spacial score (nSPS) is 11.3. The van der Waals surface area contributed by atoms with Crippen molar-refractivity contribution in [1.82, 2.24) is 0 Å². The van der Waals surface area contributed by atoms with E-state index in [0.29, 0.717) is 12.4 Å². The van der Waals surface area contributed by atoms with Gasteiger partial charge in [0.05, 0.1) is 12.9 Å². The molecule has 178 valence electrons. The van der Waals surface area contributed by atoms with Gasteiger partial charge in [-0.3, -0.25) is 0 Å². The van der Waals surface area contributed by atoms with E-state index in [2.05, 4.69) is 60.7 Å². The highest BCUT2D eigenvalue weighted by molar-refractivity contribution is 7.99. The Labute approximate surface area is 210 Å². The molecule has 0 fully saturated rings. The molecule has 0 radical (unpaired) electrons. The highest BCUT2D eigenvalue weighted by Crippen LogP contribution is 2.30. The molecular formula is C30H28O4S. The number of aryl methyl sites for hydroxylation is 1. The van der Waals surface area contributed by atoms with Crippen molar-refractivity contribution in [3.63, 3.8) is 0 Å². The van der Waals surface area contributed by atoms with Gasteiger partial charge in [0.25, 0.3) is 0 Å². The van der Waals surface area contributed by atoms with Crippen LogP contribution >= 0.6 is 11.8 Å². The van der Waals surface area contributed by atoms with Crippen molar-refractivity contribution >= 4 is 23.3 Å². The third-order valence-corrected chi connectivity index (χ3v) is 6.34. The van der Waals surface area contributed by atoms with E-state index in [1.54, 1.807) is 24.9 Å². The Balaban J connectivity index is 1.45. The van der Waals surface area contributed by atoms with Gasteiger partial charge in [0, 0.05) is 16.2 Å². The summed E-state index contributed by atoms with van der Waals surface area (Å²) in [6, 6.07) is 28.8. The van der Waals surface area contributed by atoms with Crippen molar-refractivity contribution in [2.24, 2.45) is 0 Å². The van der Waals surface area contributed by atoms with E-state index in [1.165, 1.54) is 11.1 Å². The summed E-state index contributed by atoms with van der Waals surface area (Å²) < 4.78 is 16.2. The number of rotatable bonds is 10. The number of ether oxygens (including phenoxy) is 2. The Kier molecular flexibility index (Phi) is 8.47. The monoisotopic (exact) mass is 484 g/mol. The third-order valence-electron chi connectivity index (χ3n) is 5.42. The van der Waals surface area contributed by atoms with Crippen molar-refractivity contribution < 1.29 is 18.7 Å². The average Bonchev–Trinajstić information content (AvgIpc) is 3.42. The van der Waals surface area contributed by atoms with Crippen LogP contribution in [0.15, 0.2) is 107 Å². The molecule has 1 aromatic heterocycles. The molecule has 0 amide bonds. The molecule has 0 saturated heterocycles. The zero-order valence-electron chi connectivity index (χ0n) is 19.9. The van der Waals surface area contributed by atoms with Crippen LogP contribution in [0.5, 0.6) is 5.75 Å². The summed E-state index contributed by atoms with van der Waals surface area (Å²) in [5.74, 6) is 1.95. The molecule has 0 spiro atoms. The van der Waals surface area contributed by atoms with Gasteiger partial charge in [0.2, 0.25) is 0 Å². The first kappa shape index (κ1) is 24.4. The fourth-order valence-corrected chi connectivity index (χ4v) is 4.57. The lowest BCUT2D eigenvalue weighted by molar-refractivity contribution is -0.145. The van der Waals surface area contributed by atoms with Gasteiger partial charge < -0.3 is 13.9 Å². The maximum atomic E-state index is 11.5. The fraction of sp³-hybridized carbons (Fsp3) is 0.167. The number of benzene rings is 3. The Bertz CT molecular complexity index is 1260. The number of carbonyl (C=O) groups is 1. The molecular weight excluding hydrogens is 456 g/mol. The van der Waals surface area contributed by atoms with Crippen molar-refractivity contribution in [2.45, 2.75) is 18.7 Å². The van der Waals surface area contributed by atoms with Crippen molar-refractivity contribution in [2.75, 3.05) is 19.0 Å². The predicted octanol–water partition coefficient (Wildman–Crippen LogP) is 7.42. The van der Waals surface area contributed by atoms with Gasteiger partial charge in [-0.05, 0) is 66.4 Å². The molecule has 4 aromatic rings. The summed E-state index contributed by atoms with van der Waals surface area (Å²) >= 11 is 1.73. The van der Waals surface area contributed by atoms with Crippen LogP contribution in [0.3, 0.4) is 0 Å². The fourth-order valence-electron chi connectivity index (χ4n) is 3.70. The minimum absolute atomic E-state index is 0.0839. The summed E-state index contributed by atoms with van der Waals surface area (Å²) in [7, 11) is 0. The highest BCUT2D eigenvalue weighted by Gasteiger charge is 2.10. The van der Waals surface area contributed by atoms with E-state index in [-0.39, 0.29) is 12.6 Å². The Morgan fingerprint density at radius 1 is 0.943 bits per heavy atom. The summed E-state index contributed by atoms with van der Waals surface area (Å²) in [6.07, 6.45) is 3.90. The zero-order chi connectivity index (χ0) is 24.5. The molecule has 0 N–H and O–H groups in total. The maximum absolute atomic E-state index is 11.5. The third kappa shape index (κ3) is 6.67. The van der Waals surface area contributed by atoms with Crippen LogP contribution in [0.4, 0.5) is 0 Å². The smallest absolute Gasteiger partial charge is 0.344 e. The summed E-state index contributed by atoms with van der Waals surface area (Å²) in [5.41, 5.74) is 5.53. The quantitative estimate of drug-likeness (QED) is 0.173. The minimum atomic E-state index is -0.363. The first-order chi connectivity index (χ1) is 17.1. The molecule has 0 aliphatic rings. The topological polar surface area (TPSA) is 48.7 Å². The van der Waals surface area contributed by atoms with E-state index >= 15 is 0 Å². The summed E-state index contributed by atoms with van der Waals surface area (Å²) in [5, 5.41) is 0. The van der Waals surface area contributed by atoms with Gasteiger partial charge in [-0.1, -0.05) is 60.7 Å². The predicted molar refractivity (Wildman–Crippen MR) is 142 cm³/mol. The Hall–Kier alpha value is -3.70. The second-order valence-corrected chi connectivity index (χ2v) is 8.96. The zero-order valence-corrected chi connectivity index (χ0v) is 20.7. The lowest BCUT2D eigenvalue weighted by Crippen LogP contribution is -2.14. The highest BCUT2D eigenvalue weighted by atomic mass is 32.2. The van der Waals surface area contributed by atoms with Crippen LogP contribution in [0.2, 0.25) is 0 Å². The lowest BCUT2D eigenvalue weighted by atomic mass is 9.99. The molecule has 0 aliphatic heterocycles. The molecule has 35 heavy (non-hydrogen) atoms. The van der Waals surface area contributed by atoms with Crippen molar-refractivity contribution in [3.05, 3.63) is 114 Å². The van der Waals surface area contributed by atoms with E-state index in [1.807, 2.05) is 37.3 Å². The molecule has 4 nitrogen and oxygen atoms in total. The molecule has 3 aromatic carbocycles. The molecule has 1 heterocycles. The van der Waals surface area contributed by atoms with Crippen LogP contribution < -0.4 is 4.74 Å². The van der Waals surface area contributed by atoms with Gasteiger partial charge in [-0.25, -0.2) is 4.79 Å². The molecule has 4 rings (SSSR count). The number of esters is 1. The van der Waals surface area contributed by atoms with E-state index < -0.39 is 0 Å². The molecule has 5 heteroatoms. The number of hydrogen-bond donors (Lipinski definition) is 0. The van der Waals surface area contributed by atoms with Gasteiger partial charge >= 0.3 is 5.97 Å². The summed E-state index contributed by atoms with van der Waals surface area (Å²) in [6.45, 7) is 4.02. The van der Waals surface area contributed by atoms with E-state index in [0.717, 1.165) is 33.1 Å². The van der Waals surface area contributed by atoms with Gasteiger partial charge in [0.1, 0.15) is 11.5 Å². The van der Waals surface area contributed by atoms with Gasteiger partial charge in [0.15, 0.2) is 6.61 Å². The van der Waals surface area contributed by atoms with Crippen LogP contribution in [0.1, 0.15) is 23.8 Å². The van der Waals surface area contributed by atoms with E-state index in [4.69, 9.17) is 13.9 Å². The van der Waals surface area contributed by atoms with Gasteiger partial charge in [-0.15, -0.1) is 11.8 Å². The molecule has 0 aliphatic carbocycles. The van der Waals surface area contributed by atoms with Crippen LogP contribution in [0.25, 0.3) is 16.7 Å². The standard InChI is InChI=1S/C30H28O4S/c1-3-32-30(31)21-34-28-16-15-26(20-22(28)2)35-19-17-27(29-10-7-18-33-29)25-13-11-24(12-14-25)23-8-5-4-6-9-23/h4-18,20H,3,19,21H2,1-2H3/b27-17-. The van der Waals surface area contributed by atoms with Crippen LogP contribution in [0, 0.1) is 6.92 Å². The number of carbonyl (C=O) groups excluding carboxylic acids is 1. The molecule has 0 bridgehead atoms. The van der Waals surface area contributed by atoms with Crippen molar-refractivity contribution in [1.29, 1.82) is 0 Å². The van der Waals surface area contributed by atoms with Crippen molar-refractivity contribution in [3.8, 4) is 16.9 Å².